The number of nitrogen functional groups attached to an aromatic ring is 1. The maximum atomic E-state index is 6.16. The second-order valence-corrected chi connectivity index (χ2v) is 4.95. The van der Waals surface area contributed by atoms with E-state index in [0.717, 1.165) is 30.0 Å². The number of hydrogen-bond acceptors (Lipinski definition) is 5. The molecule has 0 saturated carbocycles. The molecule has 1 aromatic carbocycles. The predicted molar refractivity (Wildman–Crippen MR) is 74.9 cm³/mol. The Kier molecular flexibility index (Phi) is 3.11. The first-order valence-corrected chi connectivity index (χ1v) is 6.69. The van der Waals surface area contributed by atoms with Crippen LogP contribution in [0.2, 0.25) is 0 Å². The van der Waals surface area contributed by atoms with Gasteiger partial charge in [0.1, 0.15) is 0 Å². The molecule has 19 heavy (non-hydrogen) atoms. The number of rotatable bonds is 2. The summed E-state index contributed by atoms with van der Waals surface area (Å²) >= 11 is 0. The van der Waals surface area contributed by atoms with Crippen molar-refractivity contribution in [3.05, 3.63) is 24.1 Å². The van der Waals surface area contributed by atoms with Gasteiger partial charge in [-0.1, -0.05) is 0 Å². The number of hydrogen-bond donors (Lipinski definition) is 1. The highest BCUT2D eigenvalue weighted by molar-refractivity contribution is 5.74. The fourth-order valence-electron chi connectivity index (χ4n) is 2.52. The van der Waals surface area contributed by atoms with Crippen LogP contribution in [0.5, 0.6) is 0 Å². The predicted octanol–water partition coefficient (Wildman–Crippen LogP) is 2.62. The average molecular weight is 258 g/mol. The van der Waals surface area contributed by atoms with Crippen LogP contribution < -0.4 is 10.6 Å². The highest BCUT2D eigenvalue weighted by atomic mass is 16.4. The first-order valence-electron chi connectivity index (χ1n) is 6.69. The summed E-state index contributed by atoms with van der Waals surface area (Å²) in [5.74, 6) is 1.09. The van der Waals surface area contributed by atoms with Crippen LogP contribution in [0, 0.1) is 6.92 Å². The van der Waals surface area contributed by atoms with E-state index in [4.69, 9.17) is 10.2 Å². The molecule has 3 rings (SSSR count). The molecule has 1 saturated heterocycles. The SMILES string of the molecule is Cc1nnc(-c2ccc(N3CCCCC3)c(N)c2)o1. The van der Waals surface area contributed by atoms with E-state index in [9.17, 15) is 0 Å². The molecule has 0 aliphatic carbocycles. The van der Waals surface area contributed by atoms with Gasteiger partial charge < -0.3 is 15.1 Å². The smallest absolute Gasteiger partial charge is 0.247 e. The molecule has 1 aliphatic heterocycles. The quantitative estimate of drug-likeness (QED) is 0.839. The lowest BCUT2D eigenvalue weighted by atomic mass is 10.1. The van der Waals surface area contributed by atoms with Crippen molar-refractivity contribution in [1.82, 2.24) is 10.2 Å². The molecule has 5 heteroatoms. The van der Waals surface area contributed by atoms with Gasteiger partial charge in [0, 0.05) is 25.6 Å². The molecular weight excluding hydrogens is 240 g/mol. The minimum Gasteiger partial charge on any atom is -0.421 e. The third kappa shape index (κ3) is 2.41. The van der Waals surface area contributed by atoms with Crippen molar-refractivity contribution in [1.29, 1.82) is 0 Å². The van der Waals surface area contributed by atoms with Gasteiger partial charge in [0.2, 0.25) is 11.8 Å². The Morgan fingerprint density at radius 2 is 1.95 bits per heavy atom. The molecule has 0 unspecified atom stereocenters. The van der Waals surface area contributed by atoms with Crippen molar-refractivity contribution in [2.24, 2.45) is 0 Å². The second-order valence-electron chi connectivity index (χ2n) is 4.95. The van der Waals surface area contributed by atoms with E-state index in [2.05, 4.69) is 21.2 Å². The highest BCUT2D eigenvalue weighted by Gasteiger charge is 2.15. The fourth-order valence-corrected chi connectivity index (χ4v) is 2.52. The zero-order valence-electron chi connectivity index (χ0n) is 11.1. The molecule has 1 aliphatic rings. The van der Waals surface area contributed by atoms with Crippen LogP contribution in [-0.2, 0) is 0 Å². The zero-order chi connectivity index (χ0) is 13.2. The number of piperidine rings is 1. The molecule has 2 heterocycles. The average Bonchev–Trinajstić information content (AvgIpc) is 2.86. The van der Waals surface area contributed by atoms with Crippen LogP contribution in [0.3, 0.4) is 0 Å². The number of nitrogens with zero attached hydrogens (tertiary/aromatic N) is 3. The van der Waals surface area contributed by atoms with E-state index in [-0.39, 0.29) is 0 Å². The minimum absolute atomic E-state index is 0.523. The normalized spacial score (nSPS) is 15.7. The van der Waals surface area contributed by atoms with Gasteiger partial charge in [0.25, 0.3) is 0 Å². The Balaban J connectivity index is 1.89. The van der Waals surface area contributed by atoms with Gasteiger partial charge in [-0.15, -0.1) is 10.2 Å². The Hall–Kier alpha value is -2.04. The summed E-state index contributed by atoms with van der Waals surface area (Å²) in [5.41, 5.74) is 8.92. The Labute approximate surface area is 112 Å². The van der Waals surface area contributed by atoms with Crippen molar-refractivity contribution < 1.29 is 4.42 Å². The topological polar surface area (TPSA) is 68.2 Å². The van der Waals surface area contributed by atoms with E-state index >= 15 is 0 Å². The third-order valence-electron chi connectivity index (χ3n) is 3.50. The van der Waals surface area contributed by atoms with E-state index in [1.54, 1.807) is 6.92 Å². The Bertz CT molecular complexity index is 573. The van der Waals surface area contributed by atoms with Crippen molar-refractivity contribution in [2.45, 2.75) is 26.2 Å². The lowest BCUT2D eigenvalue weighted by molar-refractivity contribution is 0.533. The Morgan fingerprint density at radius 1 is 1.16 bits per heavy atom. The number of anilines is 2. The molecule has 0 bridgehead atoms. The number of benzene rings is 1. The van der Waals surface area contributed by atoms with Gasteiger partial charge in [-0.2, -0.15) is 0 Å². The molecule has 5 nitrogen and oxygen atoms in total. The second kappa shape index (κ2) is 4.91. The monoisotopic (exact) mass is 258 g/mol. The van der Waals surface area contributed by atoms with Crippen LogP contribution in [0.25, 0.3) is 11.5 Å². The summed E-state index contributed by atoms with van der Waals surface area (Å²) in [6, 6.07) is 5.96. The van der Waals surface area contributed by atoms with Crippen molar-refractivity contribution in [3.63, 3.8) is 0 Å². The lowest BCUT2D eigenvalue weighted by Crippen LogP contribution is -2.29. The Morgan fingerprint density at radius 3 is 2.58 bits per heavy atom. The van der Waals surface area contributed by atoms with E-state index < -0.39 is 0 Å². The van der Waals surface area contributed by atoms with E-state index in [1.807, 2.05) is 12.1 Å². The first kappa shape index (κ1) is 12.0. The largest absolute Gasteiger partial charge is 0.421 e. The first-order chi connectivity index (χ1) is 9.24. The molecule has 0 atom stereocenters. The number of aryl methyl sites for hydroxylation is 1. The van der Waals surface area contributed by atoms with Gasteiger partial charge in [0.05, 0.1) is 11.4 Å². The van der Waals surface area contributed by atoms with Crippen LogP contribution in [0.4, 0.5) is 11.4 Å². The highest BCUT2D eigenvalue weighted by Crippen LogP contribution is 2.30. The van der Waals surface area contributed by atoms with Crippen molar-refractivity contribution in [2.75, 3.05) is 23.7 Å². The van der Waals surface area contributed by atoms with Gasteiger partial charge in [-0.25, -0.2) is 0 Å². The summed E-state index contributed by atoms with van der Waals surface area (Å²) in [5, 5.41) is 7.85. The summed E-state index contributed by atoms with van der Waals surface area (Å²) < 4.78 is 5.42. The van der Waals surface area contributed by atoms with Gasteiger partial charge in [-0.05, 0) is 37.5 Å². The van der Waals surface area contributed by atoms with Crippen molar-refractivity contribution >= 4 is 11.4 Å². The van der Waals surface area contributed by atoms with Crippen LogP contribution in [-0.4, -0.2) is 23.3 Å². The number of aromatic nitrogens is 2. The fraction of sp³-hybridized carbons (Fsp3) is 0.429. The molecule has 0 amide bonds. The summed E-state index contributed by atoms with van der Waals surface area (Å²) in [6.45, 7) is 3.95. The zero-order valence-corrected chi connectivity index (χ0v) is 11.1. The van der Waals surface area contributed by atoms with E-state index in [1.165, 1.54) is 19.3 Å². The van der Waals surface area contributed by atoms with Gasteiger partial charge in [-0.3, -0.25) is 0 Å². The van der Waals surface area contributed by atoms with Crippen LogP contribution >= 0.6 is 0 Å². The maximum Gasteiger partial charge on any atom is 0.247 e. The molecule has 0 radical (unpaired) electrons. The van der Waals surface area contributed by atoms with Gasteiger partial charge in [0.15, 0.2) is 0 Å². The third-order valence-corrected chi connectivity index (χ3v) is 3.50. The molecule has 1 aromatic heterocycles. The standard InChI is InChI=1S/C14H18N4O/c1-10-16-17-14(19-10)11-5-6-13(12(15)9-11)18-7-3-2-4-8-18/h5-6,9H,2-4,7-8,15H2,1H3. The van der Waals surface area contributed by atoms with Crippen molar-refractivity contribution in [3.8, 4) is 11.5 Å². The summed E-state index contributed by atoms with van der Waals surface area (Å²) in [6.07, 6.45) is 3.80. The molecule has 2 N–H and O–H groups in total. The lowest BCUT2D eigenvalue weighted by Gasteiger charge is -2.29. The summed E-state index contributed by atoms with van der Waals surface area (Å²) in [7, 11) is 0. The molecule has 2 aromatic rings. The maximum absolute atomic E-state index is 6.16. The molecule has 1 fully saturated rings. The van der Waals surface area contributed by atoms with Crippen LogP contribution in [0.1, 0.15) is 25.2 Å². The van der Waals surface area contributed by atoms with Gasteiger partial charge >= 0.3 is 0 Å². The summed E-state index contributed by atoms with van der Waals surface area (Å²) in [4.78, 5) is 2.35. The van der Waals surface area contributed by atoms with Crippen LogP contribution in [0.15, 0.2) is 22.6 Å². The number of nitrogens with two attached hydrogens (primary N) is 1. The minimum atomic E-state index is 0.523. The van der Waals surface area contributed by atoms with E-state index in [0.29, 0.717) is 11.8 Å². The molecular formula is C14H18N4O. The molecule has 100 valence electrons. The molecule has 0 spiro atoms.